The van der Waals surface area contributed by atoms with Crippen LogP contribution < -0.4 is 4.90 Å². The Bertz CT molecular complexity index is 1240. The van der Waals surface area contributed by atoms with Crippen molar-refractivity contribution in [2.24, 2.45) is 0 Å². The maximum absolute atomic E-state index is 13.1. The number of carbonyl (C=O) groups is 3. The van der Waals surface area contributed by atoms with Crippen LogP contribution >= 0.6 is 11.3 Å². The minimum absolute atomic E-state index is 0.110. The van der Waals surface area contributed by atoms with Gasteiger partial charge in [-0.15, -0.1) is 0 Å². The first-order chi connectivity index (χ1) is 15.3. The SMILES string of the molecule is CCOC(=O)c1sc(N2C(=O)C(=O)/C(=C(\O)c3ccccc3)C2c2ccc(C)o2)nc1C. The molecule has 1 N–H and O–H groups in total. The van der Waals surface area contributed by atoms with Gasteiger partial charge in [0, 0.05) is 5.56 Å². The van der Waals surface area contributed by atoms with E-state index in [0.29, 0.717) is 22.8 Å². The van der Waals surface area contributed by atoms with E-state index in [1.165, 1.54) is 0 Å². The van der Waals surface area contributed by atoms with Crippen molar-refractivity contribution < 1.29 is 28.6 Å². The fourth-order valence-corrected chi connectivity index (χ4v) is 4.51. The molecule has 164 valence electrons. The highest BCUT2D eigenvalue weighted by molar-refractivity contribution is 7.17. The monoisotopic (exact) mass is 452 g/mol. The van der Waals surface area contributed by atoms with Gasteiger partial charge in [-0.25, -0.2) is 9.78 Å². The molecule has 3 heterocycles. The zero-order valence-corrected chi connectivity index (χ0v) is 18.4. The van der Waals surface area contributed by atoms with E-state index in [2.05, 4.69) is 4.98 Å². The third-order valence-corrected chi connectivity index (χ3v) is 6.11. The zero-order chi connectivity index (χ0) is 23.0. The molecular weight excluding hydrogens is 432 g/mol. The molecule has 0 aliphatic carbocycles. The number of benzene rings is 1. The average molecular weight is 452 g/mol. The number of aryl methyl sites for hydroxylation is 2. The van der Waals surface area contributed by atoms with E-state index in [-0.39, 0.29) is 27.9 Å². The summed E-state index contributed by atoms with van der Waals surface area (Å²) in [5, 5.41) is 11.1. The zero-order valence-electron chi connectivity index (χ0n) is 17.6. The topological polar surface area (TPSA) is 110 Å². The molecule has 1 aliphatic heterocycles. The van der Waals surface area contributed by atoms with Crippen LogP contribution in [0.5, 0.6) is 0 Å². The number of carbonyl (C=O) groups excluding carboxylic acids is 3. The van der Waals surface area contributed by atoms with Gasteiger partial charge in [0.2, 0.25) is 0 Å². The third-order valence-electron chi connectivity index (χ3n) is 4.97. The standard InChI is InChI=1S/C23H20N2O6S/c1-4-30-22(29)20-13(3)24-23(32-20)25-17(15-11-10-12(2)31-15)16(19(27)21(25)28)18(26)14-8-6-5-7-9-14/h5-11,17,26H,4H2,1-3H3/b18-16-. The summed E-state index contributed by atoms with van der Waals surface area (Å²) in [5.74, 6) is -1.73. The van der Waals surface area contributed by atoms with Gasteiger partial charge in [0.15, 0.2) is 5.13 Å². The molecule has 0 saturated carbocycles. The highest BCUT2D eigenvalue weighted by Crippen LogP contribution is 2.44. The molecule has 3 aromatic rings. The minimum Gasteiger partial charge on any atom is -0.507 e. The van der Waals surface area contributed by atoms with Crippen molar-refractivity contribution in [1.82, 2.24) is 4.98 Å². The molecule has 2 aromatic heterocycles. The first-order valence-corrected chi connectivity index (χ1v) is 10.7. The number of rotatable bonds is 5. The van der Waals surface area contributed by atoms with Crippen molar-refractivity contribution in [3.8, 4) is 0 Å². The maximum Gasteiger partial charge on any atom is 0.350 e. The van der Waals surface area contributed by atoms with Crippen LogP contribution in [0.15, 0.2) is 52.5 Å². The van der Waals surface area contributed by atoms with E-state index in [1.54, 1.807) is 63.2 Å². The van der Waals surface area contributed by atoms with Crippen LogP contribution in [-0.2, 0) is 14.3 Å². The lowest BCUT2D eigenvalue weighted by Gasteiger charge is -2.20. The Morgan fingerprint density at radius 1 is 1.19 bits per heavy atom. The molecule has 1 aromatic carbocycles. The Kier molecular flexibility index (Phi) is 5.67. The number of hydrogen-bond donors (Lipinski definition) is 1. The normalized spacial score (nSPS) is 17.7. The predicted octanol–water partition coefficient (Wildman–Crippen LogP) is 4.16. The number of aliphatic hydroxyl groups excluding tert-OH is 1. The minimum atomic E-state index is -1.04. The molecule has 32 heavy (non-hydrogen) atoms. The number of anilines is 1. The molecule has 1 atom stereocenters. The fraction of sp³-hybridized carbons (Fsp3) is 0.217. The van der Waals surface area contributed by atoms with E-state index in [4.69, 9.17) is 9.15 Å². The van der Waals surface area contributed by atoms with Gasteiger partial charge in [-0.1, -0.05) is 41.7 Å². The van der Waals surface area contributed by atoms with Crippen molar-refractivity contribution in [3.63, 3.8) is 0 Å². The van der Waals surface area contributed by atoms with Crippen LogP contribution in [0.2, 0.25) is 0 Å². The van der Waals surface area contributed by atoms with Gasteiger partial charge in [0.25, 0.3) is 5.78 Å². The molecule has 1 saturated heterocycles. The van der Waals surface area contributed by atoms with Crippen molar-refractivity contribution >= 4 is 39.9 Å². The second kappa shape index (κ2) is 8.43. The number of ether oxygens (including phenoxy) is 1. The molecule has 0 radical (unpaired) electrons. The van der Waals surface area contributed by atoms with Crippen LogP contribution in [0, 0.1) is 13.8 Å². The Balaban J connectivity index is 1.89. The summed E-state index contributed by atoms with van der Waals surface area (Å²) in [6.45, 7) is 5.24. The van der Waals surface area contributed by atoms with Crippen LogP contribution in [0.4, 0.5) is 5.13 Å². The lowest BCUT2D eigenvalue weighted by molar-refractivity contribution is -0.132. The van der Waals surface area contributed by atoms with Crippen molar-refractivity contribution in [3.05, 3.63) is 75.7 Å². The van der Waals surface area contributed by atoms with Gasteiger partial charge in [-0.2, -0.15) is 0 Å². The van der Waals surface area contributed by atoms with Crippen LogP contribution in [0.3, 0.4) is 0 Å². The van der Waals surface area contributed by atoms with E-state index in [9.17, 15) is 19.5 Å². The summed E-state index contributed by atoms with van der Waals surface area (Å²) >= 11 is 0.947. The smallest absolute Gasteiger partial charge is 0.350 e. The van der Waals surface area contributed by atoms with E-state index in [0.717, 1.165) is 16.2 Å². The number of aliphatic hydroxyl groups is 1. The summed E-state index contributed by atoms with van der Waals surface area (Å²) in [6, 6.07) is 10.8. The van der Waals surface area contributed by atoms with E-state index >= 15 is 0 Å². The molecule has 1 amide bonds. The molecule has 1 aliphatic rings. The largest absolute Gasteiger partial charge is 0.507 e. The molecular formula is C23H20N2O6S. The molecule has 1 unspecified atom stereocenters. The summed E-state index contributed by atoms with van der Waals surface area (Å²) in [5.41, 5.74) is 0.658. The lowest BCUT2D eigenvalue weighted by Crippen LogP contribution is -2.29. The molecule has 1 fully saturated rings. The lowest BCUT2D eigenvalue weighted by atomic mass is 9.99. The highest BCUT2D eigenvalue weighted by Gasteiger charge is 2.49. The Morgan fingerprint density at radius 2 is 1.91 bits per heavy atom. The van der Waals surface area contributed by atoms with Gasteiger partial charge in [-0.3, -0.25) is 14.5 Å². The average Bonchev–Trinajstić information content (AvgIpc) is 3.45. The summed E-state index contributed by atoms with van der Waals surface area (Å²) in [6.07, 6.45) is 0. The number of esters is 1. The van der Waals surface area contributed by atoms with Gasteiger partial charge in [0.1, 0.15) is 28.2 Å². The Hall–Kier alpha value is -3.72. The number of aromatic nitrogens is 1. The maximum atomic E-state index is 13.1. The highest BCUT2D eigenvalue weighted by atomic mass is 32.1. The van der Waals surface area contributed by atoms with Crippen molar-refractivity contribution in [2.45, 2.75) is 26.8 Å². The number of ketones is 1. The van der Waals surface area contributed by atoms with Gasteiger partial charge in [0.05, 0.1) is 17.9 Å². The molecule has 9 heteroatoms. The molecule has 8 nitrogen and oxygen atoms in total. The number of thiazole rings is 1. The Labute approximate surface area is 187 Å². The van der Waals surface area contributed by atoms with Gasteiger partial charge < -0.3 is 14.3 Å². The second-order valence-electron chi connectivity index (χ2n) is 7.11. The summed E-state index contributed by atoms with van der Waals surface area (Å²) < 4.78 is 10.8. The summed E-state index contributed by atoms with van der Waals surface area (Å²) in [7, 11) is 0. The number of Topliss-reactive ketones (excluding diaryl/α,β-unsaturated/α-hetero) is 1. The van der Waals surface area contributed by atoms with Gasteiger partial charge in [-0.05, 0) is 32.9 Å². The van der Waals surface area contributed by atoms with Gasteiger partial charge >= 0.3 is 11.9 Å². The first kappa shape index (κ1) is 21.5. The quantitative estimate of drug-likeness (QED) is 0.268. The van der Waals surface area contributed by atoms with Crippen LogP contribution in [-0.4, -0.2) is 34.4 Å². The molecule has 0 spiro atoms. The number of hydrogen-bond acceptors (Lipinski definition) is 8. The number of nitrogens with zero attached hydrogens (tertiary/aromatic N) is 2. The Morgan fingerprint density at radius 3 is 2.53 bits per heavy atom. The first-order valence-electron chi connectivity index (χ1n) is 9.90. The fourth-order valence-electron chi connectivity index (χ4n) is 3.52. The third kappa shape index (κ3) is 3.60. The van der Waals surface area contributed by atoms with Crippen LogP contribution in [0.25, 0.3) is 5.76 Å². The van der Waals surface area contributed by atoms with Crippen molar-refractivity contribution in [2.75, 3.05) is 11.5 Å². The number of furan rings is 1. The predicted molar refractivity (Wildman–Crippen MR) is 117 cm³/mol. The number of amides is 1. The van der Waals surface area contributed by atoms with E-state index < -0.39 is 23.7 Å². The van der Waals surface area contributed by atoms with Crippen molar-refractivity contribution in [1.29, 1.82) is 0 Å². The molecule has 0 bridgehead atoms. The molecule has 4 rings (SSSR count). The van der Waals surface area contributed by atoms with Crippen LogP contribution in [0.1, 0.15) is 45.4 Å². The summed E-state index contributed by atoms with van der Waals surface area (Å²) in [4.78, 5) is 44.2. The van der Waals surface area contributed by atoms with E-state index in [1.807, 2.05) is 0 Å². The second-order valence-corrected chi connectivity index (χ2v) is 8.09.